The second-order valence-electron chi connectivity index (χ2n) is 5.15. The van der Waals surface area contributed by atoms with Gasteiger partial charge in [-0.1, -0.05) is 0 Å². The molecule has 1 unspecified atom stereocenters. The molecule has 0 bridgehead atoms. The number of nitrogens with zero attached hydrogens (tertiary/aromatic N) is 2. The maximum Gasteiger partial charge on any atom is 0.0991 e. The zero-order chi connectivity index (χ0) is 13.7. The van der Waals surface area contributed by atoms with Crippen molar-refractivity contribution in [1.82, 2.24) is 4.90 Å². The zero-order valence-corrected chi connectivity index (χ0v) is 11.6. The third-order valence-corrected chi connectivity index (χ3v) is 3.45. The van der Waals surface area contributed by atoms with Crippen LogP contribution < -0.4 is 5.32 Å². The summed E-state index contributed by atoms with van der Waals surface area (Å²) < 4.78 is 5.77. The van der Waals surface area contributed by atoms with Crippen molar-refractivity contribution in [3.05, 3.63) is 29.8 Å². The second-order valence-corrected chi connectivity index (χ2v) is 5.15. The maximum atomic E-state index is 8.75. The van der Waals surface area contributed by atoms with Gasteiger partial charge in [-0.2, -0.15) is 5.26 Å². The molecule has 0 radical (unpaired) electrons. The van der Waals surface area contributed by atoms with Gasteiger partial charge in [0, 0.05) is 31.4 Å². The van der Waals surface area contributed by atoms with Crippen molar-refractivity contribution in [2.24, 2.45) is 0 Å². The third-order valence-electron chi connectivity index (χ3n) is 3.45. The van der Waals surface area contributed by atoms with Gasteiger partial charge in [0.2, 0.25) is 0 Å². The lowest BCUT2D eigenvalue weighted by Crippen LogP contribution is -2.48. The van der Waals surface area contributed by atoms with Crippen LogP contribution in [-0.4, -0.2) is 43.3 Å². The van der Waals surface area contributed by atoms with E-state index in [4.69, 9.17) is 10.00 Å². The Bertz CT molecular complexity index is 436. The van der Waals surface area contributed by atoms with Gasteiger partial charge < -0.3 is 10.1 Å². The highest BCUT2D eigenvalue weighted by atomic mass is 16.5. The molecule has 0 aliphatic carbocycles. The van der Waals surface area contributed by atoms with Crippen molar-refractivity contribution < 1.29 is 4.74 Å². The predicted octanol–water partition coefficient (Wildman–Crippen LogP) is 2.08. The van der Waals surface area contributed by atoms with Crippen LogP contribution in [0.1, 0.15) is 19.4 Å². The molecule has 4 nitrogen and oxygen atoms in total. The first kappa shape index (κ1) is 13.9. The van der Waals surface area contributed by atoms with Crippen molar-refractivity contribution in [3.63, 3.8) is 0 Å². The minimum Gasteiger partial charge on any atom is -0.382 e. The minimum atomic E-state index is 0.229. The van der Waals surface area contributed by atoms with Gasteiger partial charge in [-0.05, 0) is 38.1 Å². The molecule has 1 heterocycles. The van der Waals surface area contributed by atoms with E-state index in [2.05, 4.69) is 30.1 Å². The fourth-order valence-electron chi connectivity index (χ4n) is 2.23. The Balaban J connectivity index is 1.83. The van der Waals surface area contributed by atoms with Crippen LogP contribution >= 0.6 is 0 Å². The van der Waals surface area contributed by atoms with Crippen LogP contribution in [-0.2, 0) is 4.74 Å². The molecule has 0 aromatic heterocycles. The number of hydrogen-bond donors (Lipinski definition) is 1. The number of ether oxygens (including phenoxy) is 1. The van der Waals surface area contributed by atoms with Gasteiger partial charge in [0.1, 0.15) is 0 Å². The van der Waals surface area contributed by atoms with Gasteiger partial charge in [0.15, 0.2) is 0 Å². The first-order valence-corrected chi connectivity index (χ1v) is 6.78. The molecule has 1 aromatic carbocycles. The average molecular weight is 259 g/mol. The molecular formula is C15H21N3O. The molecular weight excluding hydrogens is 238 g/mol. The summed E-state index contributed by atoms with van der Waals surface area (Å²) in [7, 11) is 0. The van der Waals surface area contributed by atoms with Crippen LogP contribution in [0.2, 0.25) is 0 Å². The molecule has 0 amide bonds. The second kappa shape index (κ2) is 6.55. The van der Waals surface area contributed by atoms with Gasteiger partial charge in [-0.25, -0.2) is 0 Å². The van der Waals surface area contributed by atoms with Gasteiger partial charge in [-0.15, -0.1) is 0 Å². The summed E-state index contributed by atoms with van der Waals surface area (Å²) in [4.78, 5) is 2.44. The summed E-state index contributed by atoms with van der Waals surface area (Å²) in [6.45, 7) is 8.03. The first-order chi connectivity index (χ1) is 9.19. The smallest absolute Gasteiger partial charge is 0.0991 e. The number of hydrogen-bond acceptors (Lipinski definition) is 4. The van der Waals surface area contributed by atoms with Crippen LogP contribution in [0.15, 0.2) is 24.3 Å². The Hall–Kier alpha value is -1.57. The van der Waals surface area contributed by atoms with Crippen molar-refractivity contribution in [2.75, 3.05) is 31.6 Å². The SMILES string of the molecule is CC(C)N1CCOC(CNc2ccc(C#N)cc2)C1. The monoisotopic (exact) mass is 259 g/mol. The van der Waals surface area contributed by atoms with E-state index in [1.807, 2.05) is 24.3 Å². The lowest BCUT2D eigenvalue weighted by Gasteiger charge is -2.35. The highest BCUT2D eigenvalue weighted by Gasteiger charge is 2.21. The number of rotatable bonds is 4. The fourth-order valence-corrected chi connectivity index (χ4v) is 2.23. The van der Waals surface area contributed by atoms with E-state index in [0.717, 1.165) is 31.9 Å². The number of nitrogens with one attached hydrogen (secondary N) is 1. The summed E-state index contributed by atoms with van der Waals surface area (Å²) in [5.41, 5.74) is 1.72. The quantitative estimate of drug-likeness (QED) is 0.899. The van der Waals surface area contributed by atoms with Gasteiger partial charge in [0.05, 0.1) is 24.3 Å². The van der Waals surface area contributed by atoms with E-state index in [0.29, 0.717) is 11.6 Å². The lowest BCUT2D eigenvalue weighted by atomic mass is 10.2. The number of benzene rings is 1. The van der Waals surface area contributed by atoms with Crippen molar-refractivity contribution in [1.29, 1.82) is 5.26 Å². The summed E-state index contributed by atoms with van der Waals surface area (Å²) in [5, 5.41) is 12.1. The van der Waals surface area contributed by atoms with Crippen LogP contribution in [0.3, 0.4) is 0 Å². The summed E-state index contributed by atoms with van der Waals surface area (Å²) >= 11 is 0. The number of anilines is 1. The molecule has 19 heavy (non-hydrogen) atoms. The highest BCUT2D eigenvalue weighted by Crippen LogP contribution is 2.12. The van der Waals surface area contributed by atoms with Crippen molar-refractivity contribution in [2.45, 2.75) is 26.0 Å². The van der Waals surface area contributed by atoms with Crippen molar-refractivity contribution in [3.8, 4) is 6.07 Å². The molecule has 1 saturated heterocycles. The van der Waals surface area contributed by atoms with Crippen molar-refractivity contribution >= 4 is 5.69 Å². The Morgan fingerprint density at radius 3 is 2.79 bits per heavy atom. The summed E-state index contributed by atoms with van der Waals surface area (Å²) in [6, 6.07) is 10.2. The molecule has 4 heteroatoms. The molecule has 0 spiro atoms. The number of nitriles is 1. The maximum absolute atomic E-state index is 8.75. The standard InChI is InChI=1S/C15H21N3O/c1-12(2)18-7-8-19-15(11-18)10-17-14-5-3-13(9-16)4-6-14/h3-6,12,15,17H,7-8,10-11H2,1-2H3. The first-order valence-electron chi connectivity index (χ1n) is 6.78. The topological polar surface area (TPSA) is 48.3 Å². The Morgan fingerprint density at radius 1 is 1.42 bits per heavy atom. The highest BCUT2D eigenvalue weighted by molar-refractivity contribution is 5.47. The Labute approximate surface area is 115 Å². The molecule has 1 fully saturated rings. The predicted molar refractivity (Wildman–Crippen MR) is 76.1 cm³/mol. The van der Waals surface area contributed by atoms with Gasteiger partial charge in [0.25, 0.3) is 0 Å². The van der Waals surface area contributed by atoms with Crippen LogP contribution in [0.25, 0.3) is 0 Å². The summed E-state index contributed by atoms with van der Waals surface area (Å²) in [6.07, 6.45) is 0.229. The summed E-state index contributed by atoms with van der Waals surface area (Å²) in [5.74, 6) is 0. The van der Waals surface area contributed by atoms with Crippen LogP contribution in [0.5, 0.6) is 0 Å². The molecule has 2 rings (SSSR count). The van der Waals surface area contributed by atoms with Gasteiger partial charge in [-0.3, -0.25) is 4.90 Å². The number of morpholine rings is 1. The van der Waals surface area contributed by atoms with E-state index in [1.54, 1.807) is 0 Å². The molecule has 1 N–H and O–H groups in total. The Kier molecular flexibility index (Phi) is 4.78. The van der Waals surface area contributed by atoms with E-state index >= 15 is 0 Å². The van der Waals surface area contributed by atoms with E-state index < -0.39 is 0 Å². The molecule has 1 atom stereocenters. The van der Waals surface area contributed by atoms with Crippen LogP contribution in [0, 0.1) is 11.3 Å². The largest absolute Gasteiger partial charge is 0.382 e. The molecule has 1 aliphatic heterocycles. The van der Waals surface area contributed by atoms with E-state index in [9.17, 15) is 0 Å². The molecule has 0 saturated carbocycles. The molecule has 102 valence electrons. The third kappa shape index (κ3) is 3.95. The zero-order valence-electron chi connectivity index (χ0n) is 11.6. The fraction of sp³-hybridized carbons (Fsp3) is 0.533. The van der Waals surface area contributed by atoms with E-state index in [1.165, 1.54) is 0 Å². The normalized spacial score (nSPS) is 20.2. The molecule has 1 aliphatic rings. The van der Waals surface area contributed by atoms with E-state index in [-0.39, 0.29) is 6.10 Å². The molecule has 1 aromatic rings. The Morgan fingerprint density at radius 2 is 2.16 bits per heavy atom. The van der Waals surface area contributed by atoms with Crippen LogP contribution in [0.4, 0.5) is 5.69 Å². The lowest BCUT2D eigenvalue weighted by molar-refractivity contribution is -0.0315. The van der Waals surface area contributed by atoms with Gasteiger partial charge >= 0.3 is 0 Å². The average Bonchev–Trinajstić information content (AvgIpc) is 2.46. The minimum absolute atomic E-state index is 0.229.